The first-order valence-electron chi connectivity index (χ1n) is 5.75. The van der Waals surface area contributed by atoms with Gasteiger partial charge in [-0.05, 0) is 37.5 Å². The highest BCUT2D eigenvalue weighted by atomic mass is 19.1. The van der Waals surface area contributed by atoms with Gasteiger partial charge < -0.3 is 9.84 Å². The van der Waals surface area contributed by atoms with E-state index < -0.39 is 6.10 Å². The summed E-state index contributed by atoms with van der Waals surface area (Å²) in [6, 6.07) is 6.36. The van der Waals surface area contributed by atoms with Crippen LogP contribution in [0.2, 0.25) is 0 Å². The molecular weight excluding hydrogens is 219 g/mol. The molecule has 0 amide bonds. The molecule has 1 aliphatic rings. The quantitative estimate of drug-likeness (QED) is 0.756. The minimum atomic E-state index is -0.622. The van der Waals surface area contributed by atoms with Gasteiger partial charge in [0.05, 0.1) is 6.10 Å². The predicted octanol–water partition coefficient (Wildman–Crippen LogP) is 2.43. The molecule has 3 heteroatoms. The van der Waals surface area contributed by atoms with Crippen molar-refractivity contribution in [3.05, 3.63) is 35.6 Å². The zero-order chi connectivity index (χ0) is 12.3. The first-order chi connectivity index (χ1) is 8.15. The lowest BCUT2D eigenvalue weighted by atomic mass is 10.1. The van der Waals surface area contributed by atoms with Crippen molar-refractivity contribution in [1.82, 2.24) is 0 Å². The second-order valence-electron chi connectivity index (χ2n) is 4.21. The topological polar surface area (TPSA) is 29.5 Å². The van der Waals surface area contributed by atoms with Gasteiger partial charge in [0.25, 0.3) is 0 Å². The van der Waals surface area contributed by atoms with Crippen LogP contribution in [0.15, 0.2) is 24.3 Å². The standard InChI is InChI=1S/C14H15FO2/c1-10(16)2-7-13-8-9-14(17-13)11-3-5-12(15)6-4-11/h3-6,10,13-14,16H,8-9H2,1H3/t10-,13+,14-/m0/s1. The molecule has 17 heavy (non-hydrogen) atoms. The Morgan fingerprint density at radius 1 is 1.35 bits per heavy atom. The Morgan fingerprint density at radius 3 is 2.71 bits per heavy atom. The Labute approximate surface area is 100 Å². The number of hydrogen-bond acceptors (Lipinski definition) is 2. The fourth-order valence-electron chi connectivity index (χ4n) is 1.88. The van der Waals surface area contributed by atoms with E-state index in [4.69, 9.17) is 9.84 Å². The number of halogens is 1. The molecule has 0 spiro atoms. The summed E-state index contributed by atoms with van der Waals surface area (Å²) in [5.41, 5.74) is 0.979. The molecule has 2 nitrogen and oxygen atoms in total. The van der Waals surface area contributed by atoms with E-state index in [1.165, 1.54) is 12.1 Å². The molecule has 0 bridgehead atoms. The van der Waals surface area contributed by atoms with E-state index >= 15 is 0 Å². The average molecular weight is 234 g/mol. The largest absolute Gasteiger partial charge is 0.381 e. The summed E-state index contributed by atoms with van der Waals surface area (Å²) in [4.78, 5) is 0. The van der Waals surface area contributed by atoms with Gasteiger partial charge >= 0.3 is 0 Å². The maximum absolute atomic E-state index is 12.8. The van der Waals surface area contributed by atoms with E-state index in [0.717, 1.165) is 18.4 Å². The highest BCUT2D eigenvalue weighted by molar-refractivity contribution is 5.21. The third-order valence-electron chi connectivity index (χ3n) is 2.71. The van der Waals surface area contributed by atoms with Crippen molar-refractivity contribution < 1.29 is 14.2 Å². The van der Waals surface area contributed by atoms with Crippen molar-refractivity contribution in [2.24, 2.45) is 0 Å². The van der Waals surface area contributed by atoms with Crippen LogP contribution in [0.25, 0.3) is 0 Å². The number of rotatable bonds is 1. The summed E-state index contributed by atoms with van der Waals surface area (Å²) in [5.74, 6) is 5.35. The molecule has 0 aromatic heterocycles. The summed E-state index contributed by atoms with van der Waals surface area (Å²) in [5, 5.41) is 9.06. The molecule has 3 atom stereocenters. The Morgan fingerprint density at radius 2 is 2.06 bits per heavy atom. The summed E-state index contributed by atoms with van der Waals surface area (Å²) in [6.07, 6.45) is 0.971. The first kappa shape index (κ1) is 12.1. The Balaban J connectivity index is 1.99. The van der Waals surface area contributed by atoms with Gasteiger partial charge in [-0.15, -0.1) is 0 Å². The average Bonchev–Trinajstić information content (AvgIpc) is 2.76. The highest BCUT2D eigenvalue weighted by Crippen LogP contribution is 2.32. The van der Waals surface area contributed by atoms with E-state index in [2.05, 4.69) is 11.8 Å². The monoisotopic (exact) mass is 234 g/mol. The lowest BCUT2D eigenvalue weighted by Gasteiger charge is -2.10. The van der Waals surface area contributed by atoms with Crippen molar-refractivity contribution >= 4 is 0 Å². The van der Waals surface area contributed by atoms with Crippen molar-refractivity contribution in [2.75, 3.05) is 0 Å². The fourth-order valence-corrected chi connectivity index (χ4v) is 1.88. The second-order valence-corrected chi connectivity index (χ2v) is 4.21. The molecule has 1 aliphatic heterocycles. The lowest BCUT2D eigenvalue weighted by molar-refractivity contribution is 0.0758. The molecule has 1 N–H and O–H groups in total. The summed E-state index contributed by atoms with van der Waals surface area (Å²) in [7, 11) is 0. The Hall–Kier alpha value is -1.37. The van der Waals surface area contributed by atoms with Crippen molar-refractivity contribution in [3.63, 3.8) is 0 Å². The van der Waals surface area contributed by atoms with Crippen LogP contribution in [-0.2, 0) is 4.74 Å². The molecule has 0 aliphatic carbocycles. The van der Waals surface area contributed by atoms with Crippen LogP contribution in [0.3, 0.4) is 0 Å². The first-order valence-corrected chi connectivity index (χ1v) is 5.75. The minimum Gasteiger partial charge on any atom is -0.381 e. The van der Waals surface area contributed by atoms with Gasteiger partial charge in [-0.3, -0.25) is 0 Å². The van der Waals surface area contributed by atoms with Crippen LogP contribution in [0.4, 0.5) is 4.39 Å². The van der Waals surface area contributed by atoms with Gasteiger partial charge in [0.2, 0.25) is 0 Å². The summed E-state index contributed by atoms with van der Waals surface area (Å²) in [6.45, 7) is 1.62. The number of aliphatic hydroxyl groups excluding tert-OH is 1. The highest BCUT2D eigenvalue weighted by Gasteiger charge is 2.25. The van der Waals surface area contributed by atoms with E-state index in [9.17, 15) is 4.39 Å². The summed E-state index contributed by atoms with van der Waals surface area (Å²) >= 11 is 0. The van der Waals surface area contributed by atoms with Crippen LogP contribution < -0.4 is 0 Å². The zero-order valence-corrected chi connectivity index (χ0v) is 9.69. The van der Waals surface area contributed by atoms with Gasteiger partial charge in [0.15, 0.2) is 0 Å². The SMILES string of the molecule is C[C@H](O)C#C[C@@H]1CC[C@@H](c2ccc(F)cc2)O1. The summed E-state index contributed by atoms with van der Waals surface area (Å²) < 4.78 is 18.5. The Bertz CT molecular complexity index is 428. The van der Waals surface area contributed by atoms with E-state index in [1.807, 2.05) is 0 Å². The molecule has 90 valence electrons. The molecule has 1 fully saturated rings. The second kappa shape index (κ2) is 5.31. The predicted molar refractivity (Wildman–Crippen MR) is 62.7 cm³/mol. The van der Waals surface area contributed by atoms with Gasteiger partial charge in [0, 0.05) is 0 Å². The lowest BCUT2D eigenvalue weighted by Crippen LogP contribution is -2.05. The number of aliphatic hydroxyl groups is 1. The van der Waals surface area contributed by atoms with Crippen molar-refractivity contribution in [1.29, 1.82) is 0 Å². The van der Waals surface area contributed by atoms with E-state index in [1.54, 1.807) is 19.1 Å². The molecule has 1 saturated heterocycles. The van der Waals surface area contributed by atoms with E-state index in [-0.39, 0.29) is 18.0 Å². The van der Waals surface area contributed by atoms with Gasteiger partial charge in [-0.1, -0.05) is 24.0 Å². The third-order valence-corrected chi connectivity index (χ3v) is 2.71. The Kier molecular flexibility index (Phi) is 3.78. The smallest absolute Gasteiger partial charge is 0.123 e. The van der Waals surface area contributed by atoms with Crippen LogP contribution in [0.5, 0.6) is 0 Å². The molecule has 1 aromatic carbocycles. The van der Waals surface area contributed by atoms with Crippen LogP contribution in [0, 0.1) is 17.7 Å². The normalized spacial score (nSPS) is 25.1. The van der Waals surface area contributed by atoms with Crippen molar-refractivity contribution in [3.8, 4) is 11.8 Å². The molecule has 1 heterocycles. The maximum Gasteiger partial charge on any atom is 0.123 e. The molecule has 0 unspecified atom stereocenters. The van der Waals surface area contributed by atoms with Gasteiger partial charge in [-0.2, -0.15) is 0 Å². The molecule has 0 radical (unpaired) electrons. The van der Waals surface area contributed by atoms with E-state index in [0.29, 0.717) is 0 Å². The zero-order valence-electron chi connectivity index (χ0n) is 9.69. The van der Waals surface area contributed by atoms with Crippen molar-refractivity contribution in [2.45, 2.75) is 38.1 Å². The minimum absolute atomic E-state index is 0.0103. The van der Waals surface area contributed by atoms with Gasteiger partial charge in [0.1, 0.15) is 18.0 Å². The molecular formula is C14H15FO2. The number of ether oxygens (including phenoxy) is 1. The maximum atomic E-state index is 12.8. The van der Waals surface area contributed by atoms with Gasteiger partial charge in [-0.25, -0.2) is 4.39 Å². The van der Waals surface area contributed by atoms with Crippen LogP contribution in [0.1, 0.15) is 31.4 Å². The van der Waals surface area contributed by atoms with Crippen LogP contribution in [-0.4, -0.2) is 17.3 Å². The number of hydrogen-bond donors (Lipinski definition) is 1. The van der Waals surface area contributed by atoms with Crippen LogP contribution >= 0.6 is 0 Å². The molecule has 2 rings (SSSR count). The molecule has 0 saturated carbocycles. The molecule has 1 aromatic rings. The third kappa shape index (κ3) is 3.29. The number of benzene rings is 1. The fraction of sp³-hybridized carbons (Fsp3) is 0.429.